The van der Waals surface area contributed by atoms with E-state index >= 15 is 0 Å². The Morgan fingerprint density at radius 2 is 2.00 bits per heavy atom. The standard InChI is InChI=1S/C22H27F3N8O3S/c1-21(9-10-37-20-28-30-31-32(20)2)8-7-15(18(19(21)29-34)11-33-14-26-13-27-33)12-35-16-3-5-17(6-4-16)36-22(23,24)25/h3-6,13-15,18,34H,7-12H2,1-2H3/t15-,18-,21-/m0/s1. The molecule has 0 radical (unpaired) electrons. The number of thioether (sulfide) groups is 1. The van der Waals surface area contributed by atoms with Crippen LogP contribution < -0.4 is 9.47 Å². The van der Waals surface area contributed by atoms with Gasteiger partial charge in [0.2, 0.25) is 5.16 Å². The molecular weight excluding hydrogens is 513 g/mol. The number of halogens is 3. The van der Waals surface area contributed by atoms with Crippen molar-refractivity contribution in [3.8, 4) is 11.5 Å². The summed E-state index contributed by atoms with van der Waals surface area (Å²) in [5.74, 6) is 0.609. The van der Waals surface area contributed by atoms with E-state index in [2.05, 4.69) is 42.4 Å². The second-order valence-electron chi connectivity index (χ2n) is 9.08. The fraction of sp³-hybridized carbons (Fsp3) is 0.545. The van der Waals surface area contributed by atoms with Crippen molar-refractivity contribution < 1.29 is 27.9 Å². The van der Waals surface area contributed by atoms with Crippen LogP contribution in [0.3, 0.4) is 0 Å². The van der Waals surface area contributed by atoms with Gasteiger partial charge in [-0.2, -0.15) is 5.10 Å². The first-order chi connectivity index (χ1) is 17.7. The van der Waals surface area contributed by atoms with Crippen molar-refractivity contribution in [1.29, 1.82) is 0 Å². The number of aromatic nitrogens is 7. The van der Waals surface area contributed by atoms with Gasteiger partial charge < -0.3 is 14.7 Å². The number of alkyl halides is 3. The Bertz CT molecular complexity index is 1170. The fourth-order valence-corrected chi connectivity index (χ4v) is 5.62. The van der Waals surface area contributed by atoms with E-state index < -0.39 is 6.36 Å². The van der Waals surface area contributed by atoms with Crippen molar-refractivity contribution in [3.63, 3.8) is 0 Å². The molecule has 0 aliphatic heterocycles. The predicted molar refractivity (Wildman–Crippen MR) is 126 cm³/mol. The number of tetrazole rings is 1. The van der Waals surface area contributed by atoms with Gasteiger partial charge >= 0.3 is 6.36 Å². The van der Waals surface area contributed by atoms with Gasteiger partial charge in [0.05, 0.1) is 18.9 Å². The van der Waals surface area contributed by atoms with Crippen LogP contribution in [-0.4, -0.2) is 64.6 Å². The molecule has 0 bridgehead atoms. The Hall–Kier alpha value is -3.36. The quantitative estimate of drug-likeness (QED) is 0.232. The zero-order valence-electron chi connectivity index (χ0n) is 20.2. The molecule has 3 aromatic rings. The molecule has 2 heterocycles. The zero-order chi connectivity index (χ0) is 26.5. The minimum Gasteiger partial charge on any atom is -0.493 e. The summed E-state index contributed by atoms with van der Waals surface area (Å²) < 4.78 is 50.4. The van der Waals surface area contributed by atoms with Crippen molar-refractivity contribution in [1.82, 2.24) is 35.0 Å². The maximum Gasteiger partial charge on any atom is 0.573 e. The molecule has 1 aliphatic carbocycles. The minimum absolute atomic E-state index is 0.0233. The summed E-state index contributed by atoms with van der Waals surface area (Å²) >= 11 is 1.54. The third-order valence-electron chi connectivity index (χ3n) is 6.55. The second-order valence-corrected chi connectivity index (χ2v) is 10.1. The largest absolute Gasteiger partial charge is 0.573 e. The Kier molecular flexibility index (Phi) is 8.19. The first-order valence-corrected chi connectivity index (χ1v) is 12.5. The normalized spacial score (nSPS) is 23.3. The molecular formula is C22H27F3N8O3S. The van der Waals surface area contributed by atoms with Gasteiger partial charge in [-0.05, 0) is 54.0 Å². The Morgan fingerprint density at radius 3 is 2.62 bits per heavy atom. The van der Waals surface area contributed by atoms with E-state index in [1.165, 1.54) is 42.4 Å². The van der Waals surface area contributed by atoms with Gasteiger partial charge in [-0.15, -0.1) is 18.3 Å². The van der Waals surface area contributed by atoms with E-state index in [1.807, 2.05) is 0 Å². The monoisotopic (exact) mass is 540 g/mol. The highest BCUT2D eigenvalue weighted by Crippen LogP contribution is 2.44. The van der Waals surface area contributed by atoms with Crippen molar-refractivity contribution in [2.75, 3.05) is 12.4 Å². The van der Waals surface area contributed by atoms with Crippen molar-refractivity contribution >= 4 is 17.5 Å². The summed E-state index contributed by atoms with van der Waals surface area (Å²) in [4.78, 5) is 4.02. The summed E-state index contributed by atoms with van der Waals surface area (Å²) in [7, 11) is 1.78. The number of benzene rings is 1. The van der Waals surface area contributed by atoms with Gasteiger partial charge in [0.1, 0.15) is 24.2 Å². The van der Waals surface area contributed by atoms with Crippen LogP contribution in [0.5, 0.6) is 11.5 Å². The second kappa shape index (κ2) is 11.4. The van der Waals surface area contributed by atoms with E-state index in [-0.39, 0.29) is 29.6 Å². The first kappa shape index (κ1) is 26.7. The SMILES string of the molecule is Cn1nnnc1SCC[C@]1(C)CC[C@@H](COc2ccc(OC(F)(F)F)cc2)[C@H](Cn2cncn2)C1=NO. The van der Waals surface area contributed by atoms with Crippen LogP contribution in [0.2, 0.25) is 0 Å². The third kappa shape index (κ3) is 6.90. The summed E-state index contributed by atoms with van der Waals surface area (Å²) in [6.45, 7) is 2.82. The van der Waals surface area contributed by atoms with Crippen LogP contribution in [0.15, 0.2) is 47.2 Å². The molecule has 37 heavy (non-hydrogen) atoms. The van der Waals surface area contributed by atoms with E-state index in [0.717, 1.165) is 25.0 Å². The van der Waals surface area contributed by atoms with Crippen molar-refractivity contribution in [2.45, 2.75) is 44.2 Å². The lowest BCUT2D eigenvalue weighted by Crippen LogP contribution is -2.46. The van der Waals surface area contributed by atoms with E-state index in [9.17, 15) is 18.4 Å². The Labute approximate surface area is 215 Å². The fourth-order valence-electron chi connectivity index (χ4n) is 4.57. The highest BCUT2D eigenvalue weighted by molar-refractivity contribution is 7.99. The molecule has 3 atom stereocenters. The van der Waals surface area contributed by atoms with Gasteiger partial charge in [0.15, 0.2) is 0 Å². The maximum absolute atomic E-state index is 12.4. The van der Waals surface area contributed by atoms with Crippen LogP contribution in [-0.2, 0) is 13.6 Å². The molecule has 0 amide bonds. The molecule has 1 fully saturated rings. The Morgan fingerprint density at radius 1 is 1.24 bits per heavy atom. The molecule has 1 aromatic carbocycles. The smallest absolute Gasteiger partial charge is 0.493 e. The highest BCUT2D eigenvalue weighted by Gasteiger charge is 2.44. The molecule has 15 heteroatoms. The average molecular weight is 541 g/mol. The van der Waals surface area contributed by atoms with E-state index in [0.29, 0.717) is 23.2 Å². The van der Waals surface area contributed by atoms with Gasteiger partial charge in [-0.3, -0.25) is 4.68 Å². The average Bonchev–Trinajstić information content (AvgIpc) is 3.51. The molecule has 0 unspecified atom stereocenters. The Balaban J connectivity index is 1.44. The number of rotatable bonds is 10. The number of oxime groups is 1. The molecule has 1 aliphatic rings. The van der Waals surface area contributed by atoms with Crippen LogP contribution >= 0.6 is 11.8 Å². The molecule has 0 saturated heterocycles. The summed E-state index contributed by atoms with van der Waals surface area (Å²) in [5.41, 5.74) is 0.292. The topological polar surface area (TPSA) is 125 Å². The summed E-state index contributed by atoms with van der Waals surface area (Å²) in [6.07, 6.45) is 0.598. The van der Waals surface area contributed by atoms with Crippen molar-refractivity contribution in [2.24, 2.45) is 29.5 Å². The van der Waals surface area contributed by atoms with Crippen molar-refractivity contribution in [3.05, 3.63) is 36.9 Å². The summed E-state index contributed by atoms with van der Waals surface area (Å²) in [5, 5.41) is 30.3. The van der Waals surface area contributed by atoms with Gasteiger partial charge in [0, 0.05) is 30.1 Å². The lowest BCUT2D eigenvalue weighted by atomic mass is 9.63. The van der Waals surface area contributed by atoms with Gasteiger partial charge in [-0.1, -0.05) is 23.8 Å². The molecule has 11 nitrogen and oxygen atoms in total. The lowest BCUT2D eigenvalue weighted by molar-refractivity contribution is -0.274. The zero-order valence-corrected chi connectivity index (χ0v) is 21.1. The van der Waals surface area contributed by atoms with Crippen LogP contribution in [0, 0.1) is 17.3 Å². The molecule has 0 spiro atoms. The molecule has 200 valence electrons. The van der Waals surface area contributed by atoms with Crippen LogP contribution in [0.25, 0.3) is 0 Å². The number of hydrogen-bond donors (Lipinski definition) is 1. The van der Waals surface area contributed by atoms with E-state index in [1.54, 1.807) is 22.7 Å². The third-order valence-corrected chi connectivity index (χ3v) is 7.56. The maximum atomic E-state index is 12.4. The predicted octanol–water partition coefficient (Wildman–Crippen LogP) is 3.82. The number of aryl methyl sites for hydroxylation is 1. The molecule has 1 saturated carbocycles. The number of ether oxygens (including phenoxy) is 2. The lowest BCUT2D eigenvalue weighted by Gasteiger charge is -2.43. The minimum atomic E-state index is -4.75. The molecule has 4 rings (SSSR count). The summed E-state index contributed by atoms with van der Waals surface area (Å²) in [6, 6.07) is 5.28. The molecule has 2 aromatic heterocycles. The number of hydrogen-bond acceptors (Lipinski definition) is 10. The first-order valence-electron chi connectivity index (χ1n) is 11.6. The van der Waals surface area contributed by atoms with Gasteiger partial charge in [-0.25, -0.2) is 9.67 Å². The van der Waals surface area contributed by atoms with Crippen LogP contribution in [0.1, 0.15) is 26.2 Å². The van der Waals surface area contributed by atoms with E-state index in [4.69, 9.17) is 4.74 Å². The highest BCUT2D eigenvalue weighted by atomic mass is 32.2. The number of nitrogens with zero attached hydrogens (tertiary/aromatic N) is 8. The van der Waals surface area contributed by atoms with Crippen LogP contribution in [0.4, 0.5) is 13.2 Å². The molecule has 1 N–H and O–H groups in total. The van der Waals surface area contributed by atoms with Gasteiger partial charge in [0.25, 0.3) is 0 Å².